The first-order valence-electron chi connectivity index (χ1n) is 6.81. The fourth-order valence-electron chi connectivity index (χ4n) is 1.92. The summed E-state index contributed by atoms with van der Waals surface area (Å²) < 4.78 is 18.4. The number of halogens is 1. The topological polar surface area (TPSA) is 51.2 Å². The number of aromatic nitrogens is 1. The monoisotopic (exact) mass is 288 g/mol. The fraction of sp³-hybridized carbons (Fsp3) is 0.250. The van der Waals surface area contributed by atoms with Crippen molar-refractivity contribution in [2.75, 3.05) is 13.2 Å². The predicted octanol–water partition coefficient (Wildman–Crippen LogP) is 2.59. The highest BCUT2D eigenvalue weighted by Gasteiger charge is 2.12. The molecule has 110 valence electrons. The summed E-state index contributed by atoms with van der Waals surface area (Å²) in [5.41, 5.74) is 1.24. The molecule has 0 atom stereocenters. The standard InChI is InChI=1S/C16H17FN2O2/c1-2-21-16-14(7-4-9-19-16)15(20)18-10-8-12-5-3-6-13(17)11-12/h3-7,9,11H,2,8,10H2,1H3,(H,18,20). The number of rotatable bonds is 6. The van der Waals surface area contributed by atoms with E-state index in [9.17, 15) is 9.18 Å². The molecular weight excluding hydrogens is 271 g/mol. The van der Waals surface area contributed by atoms with Gasteiger partial charge >= 0.3 is 0 Å². The van der Waals surface area contributed by atoms with E-state index in [-0.39, 0.29) is 11.7 Å². The van der Waals surface area contributed by atoms with E-state index in [0.717, 1.165) is 5.56 Å². The lowest BCUT2D eigenvalue weighted by atomic mass is 10.1. The molecule has 1 aromatic carbocycles. The molecule has 1 amide bonds. The van der Waals surface area contributed by atoms with Crippen LogP contribution < -0.4 is 10.1 Å². The number of nitrogens with zero attached hydrogens (tertiary/aromatic N) is 1. The molecule has 0 aliphatic carbocycles. The Kier molecular flexibility index (Phi) is 5.26. The van der Waals surface area contributed by atoms with Crippen molar-refractivity contribution >= 4 is 5.91 Å². The first-order valence-corrected chi connectivity index (χ1v) is 6.81. The number of nitrogens with one attached hydrogen (secondary N) is 1. The van der Waals surface area contributed by atoms with Gasteiger partial charge in [0, 0.05) is 12.7 Å². The average molecular weight is 288 g/mol. The van der Waals surface area contributed by atoms with Crippen molar-refractivity contribution in [2.24, 2.45) is 0 Å². The lowest BCUT2D eigenvalue weighted by molar-refractivity contribution is 0.0949. The largest absolute Gasteiger partial charge is 0.477 e. The molecule has 0 fully saturated rings. The smallest absolute Gasteiger partial charge is 0.256 e. The first kappa shape index (κ1) is 15.0. The second kappa shape index (κ2) is 7.38. The summed E-state index contributed by atoms with van der Waals surface area (Å²) in [6, 6.07) is 9.68. The van der Waals surface area contributed by atoms with Crippen molar-refractivity contribution < 1.29 is 13.9 Å². The lowest BCUT2D eigenvalue weighted by Crippen LogP contribution is -2.26. The highest BCUT2D eigenvalue weighted by molar-refractivity contribution is 5.96. The van der Waals surface area contributed by atoms with Gasteiger partial charge in [-0.25, -0.2) is 9.37 Å². The average Bonchev–Trinajstić information content (AvgIpc) is 2.48. The van der Waals surface area contributed by atoms with Gasteiger partial charge in [-0.15, -0.1) is 0 Å². The van der Waals surface area contributed by atoms with E-state index in [1.807, 2.05) is 13.0 Å². The zero-order valence-corrected chi connectivity index (χ0v) is 11.8. The van der Waals surface area contributed by atoms with Crippen molar-refractivity contribution in [1.82, 2.24) is 10.3 Å². The summed E-state index contributed by atoms with van der Waals surface area (Å²) in [5.74, 6) is -0.198. The maximum absolute atomic E-state index is 13.0. The number of hydrogen-bond acceptors (Lipinski definition) is 3. The van der Waals surface area contributed by atoms with Crippen LogP contribution in [0.1, 0.15) is 22.8 Å². The molecule has 1 N–H and O–H groups in total. The molecule has 2 aromatic rings. The molecule has 0 unspecified atom stereocenters. The predicted molar refractivity (Wildman–Crippen MR) is 77.8 cm³/mol. The number of ether oxygens (including phenoxy) is 1. The third kappa shape index (κ3) is 4.27. The van der Waals surface area contributed by atoms with E-state index in [4.69, 9.17) is 4.74 Å². The van der Waals surface area contributed by atoms with Crippen LogP contribution >= 0.6 is 0 Å². The minimum atomic E-state index is -0.273. The molecule has 5 heteroatoms. The second-order valence-corrected chi connectivity index (χ2v) is 4.42. The Hall–Kier alpha value is -2.43. The molecule has 2 rings (SSSR count). The van der Waals surface area contributed by atoms with E-state index in [0.29, 0.717) is 31.0 Å². The summed E-state index contributed by atoms with van der Waals surface area (Å²) in [5, 5.41) is 2.78. The molecule has 0 radical (unpaired) electrons. The Morgan fingerprint density at radius 1 is 1.33 bits per heavy atom. The Morgan fingerprint density at radius 2 is 2.19 bits per heavy atom. The van der Waals surface area contributed by atoms with Crippen LogP contribution in [0.3, 0.4) is 0 Å². The van der Waals surface area contributed by atoms with Gasteiger partial charge in [0.15, 0.2) is 0 Å². The van der Waals surface area contributed by atoms with E-state index in [1.165, 1.54) is 12.1 Å². The molecule has 0 bridgehead atoms. The SMILES string of the molecule is CCOc1ncccc1C(=O)NCCc1cccc(F)c1. The minimum Gasteiger partial charge on any atom is -0.477 e. The van der Waals surface area contributed by atoms with E-state index in [2.05, 4.69) is 10.3 Å². The van der Waals surface area contributed by atoms with Gasteiger partial charge in [0.25, 0.3) is 5.91 Å². The highest BCUT2D eigenvalue weighted by Crippen LogP contribution is 2.13. The first-order chi connectivity index (χ1) is 10.2. The van der Waals surface area contributed by atoms with Gasteiger partial charge in [0.05, 0.1) is 6.61 Å². The number of carbonyl (C=O) groups excluding carboxylic acids is 1. The molecule has 0 aliphatic rings. The zero-order chi connectivity index (χ0) is 15.1. The third-order valence-corrected chi connectivity index (χ3v) is 2.89. The van der Waals surface area contributed by atoms with Crippen LogP contribution in [0.15, 0.2) is 42.6 Å². The molecule has 0 spiro atoms. The van der Waals surface area contributed by atoms with Crippen LogP contribution in [0.4, 0.5) is 4.39 Å². The summed E-state index contributed by atoms with van der Waals surface area (Å²) in [6.45, 7) is 2.70. The summed E-state index contributed by atoms with van der Waals surface area (Å²) in [4.78, 5) is 16.1. The minimum absolute atomic E-state index is 0.247. The number of amides is 1. The summed E-state index contributed by atoms with van der Waals surface area (Å²) in [7, 11) is 0. The molecule has 1 aromatic heterocycles. The summed E-state index contributed by atoms with van der Waals surface area (Å²) >= 11 is 0. The van der Waals surface area contributed by atoms with Crippen LogP contribution in [0.2, 0.25) is 0 Å². The molecule has 0 aliphatic heterocycles. The number of hydrogen-bond donors (Lipinski definition) is 1. The van der Waals surface area contributed by atoms with Crippen LogP contribution in [-0.4, -0.2) is 24.0 Å². The Balaban J connectivity index is 1.93. The zero-order valence-electron chi connectivity index (χ0n) is 11.8. The van der Waals surface area contributed by atoms with Gasteiger partial charge < -0.3 is 10.1 Å². The molecule has 1 heterocycles. The summed E-state index contributed by atoms with van der Waals surface area (Å²) in [6.07, 6.45) is 2.14. The maximum Gasteiger partial charge on any atom is 0.256 e. The molecule has 4 nitrogen and oxygen atoms in total. The van der Waals surface area contributed by atoms with Crippen molar-refractivity contribution in [3.8, 4) is 5.88 Å². The lowest BCUT2D eigenvalue weighted by Gasteiger charge is -2.09. The fourth-order valence-corrected chi connectivity index (χ4v) is 1.92. The van der Waals surface area contributed by atoms with Crippen molar-refractivity contribution in [3.05, 3.63) is 59.5 Å². The van der Waals surface area contributed by atoms with Crippen molar-refractivity contribution in [2.45, 2.75) is 13.3 Å². The van der Waals surface area contributed by atoms with E-state index >= 15 is 0 Å². The molecule has 0 saturated heterocycles. The van der Waals surface area contributed by atoms with E-state index < -0.39 is 0 Å². The third-order valence-electron chi connectivity index (χ3n) is 2.89. The van der Waals surface area contributed by atoms with Crippen molar-refractivity contribution in [3.63, 3.8) is 0 Å². The van der Waals surface area contributed by atoms with Crippen molar-refractivity contribution in [1.29, 1.82) is 0 Å². The van der Waals surface area contributed by atoms with Gasteiger partial charge in [-0.2, -0.15) is 0 Å². The number of pyridine rings is 1. The highest BCUT2D eigenvalue weighted by atomic mass is 19.1. The van der Waals surface area contributed by atoms with Crippen LogP contribution in [0.25, 0.3) is 0 Å². The molecular formula is C16H17FN2O2. The molecule has 21 heavy (non-hydrogen) atoms. The van der Waals surface area contributed by atoms with Gasteiger partial charge in [-0.1, -0.05) is 12.1 Å². The Labute approximate surface area is 123 Å². The Bertz CT molecular complexity index is 617. The normalized spacial score (nSPS) is 10.2. The van der Waals surface area contributed by atoms with Gasteiger partial charge in [0.2, 0.25) is 5.88 Å². The second-order valence-electron chi connectivity index (χ2n) is 4.42. The number of benzene rings is 1. The maximum atomic E-state index is 13.0. The van der Waals surface area contributed by atoms with Gasteiger partial charge in [-0.3, -0.25) is 4.79 Å². The van der Waals surface area contributed by atoms with Gasteiger partial charge in [-0.05, 0) is 43.2 Å². The Morgan fingerprint density at radius 3 is 2.95 bits per heavy atom. The van der Waals surface area contributed by atoms with Crippen LogP contribution in [0.5, 0.6) is 5.88 Å². The van der Waals surface area contributed by atoms with Crippen LogP contribution in [0, 0.1) is 5.82 Å². The quantitative estimate of drug-likeness (QED) is 0.889. The number of carbonyl (C=O) groups is 1. The van der Waals surface area contributed by atoms with Gasteiger partial charge in [0.1, 0.15) is 11.4 Å². The van der Waals surface area contributed by atoms with E-state index in [1.54, 1.807) is 24.4 Å². The molecule has 0 saturated carbocycles. The van der Waals surface area contributed by atoms with Crippen LogP contribution in [-0.2, 0) is 6.42 Å².